The molecule has 0 unspecified atom stereocenters. The minimum absolute atomic E-state index is 0.212. The Morgan fingerprint density at radius 3 is 2.69 bits per heavy atom. The number of rotatable bonds is 3. The molecule has 0 aromatic rings. The van der Waals surface area contributed by atoms with Gasteiger partial charge < -0.3 is 4.74 Å². The maximum atomic E-state index is 11.2. The molecule has 76 valence electrons. The highest BCUT2D eigenvalue weighted by molar-refractivity contribution is 7.97. The number of carbonyl (C=O) groups is 1. The molecular weight excluding hydrogens is 190 g/mol. The Labute approximate surface area is 82.5 Å². The van der Waals surface area contributed by atoms with Gasteiger partial charge in [-0.3, -0.25) is 15.0 Å². The summed E-state index contributed by atoms with van der Waals surface area (Å²) in [6.45, 7) is 4.08. The average molecular weight is 205 g/mol. The normalized spacial score (nSPS) is 9.15. The number of carbonyl (C=O) groups excluding carboxylic acids is 1. The Morgan fingerprint density at radius 1 is 1.62 bits per heavy atom. The van der Waals surface area contributed by atoms with Crippen LogP contribution in [0.5, 0.6) is 0 Å². The van der Waals surface area contributed by atoms with Crippen LogP contribution in [0.2, 0.25) is 0 Å². The van der Waals surface area contributed by atoms with Crippen LogP contribution in [0.3, 0.4) is 0 Å². The minimum Gasteiger partial charge on any atom is -0.465 e. The highest BCUT2D eigenvalue weighted by Gasteiger charge is 2.09. The molecule has 0 aromatic heterocycles. The number of urea groups is 1. The first kappa shape index (κ1) is 12.1. The Morgan fingerprint density at radius 2 is 2.23 bits per heavy atom. The fraction of sp³-hybridized carbons (Fsp3) is 0.714. The van der Waals surface area contributed by atoms with Gasteiger partial charge in [0.25, 0.3) is 6.02 Å². The second-order valence-electron chi connectivity index (χ2n) is 2.11. The van der Waals surface area contributed by atoms with Crippen LogP contribution in [0, 0.1) is 5.41 Å². The highest BCUT2D eigenvalue weighted by atomic mass is 32.2. The number of hydrogen-bond acceptors (Lipinski definition) is 4. The van der Waals surface area contributed by atoms with Gasteiger partial charge in [0.1, 0.15) is 0 Å². The first-order valence-electron chi connectivity index (χ1n) is 4.00. The number of hydrogen-bond donors (Lipinski definition) is 2. The molecule has 0 aliphatic carbocycles. The molecule has 2 amide bonds. The summed E-state index contributed by atoms with van der Waals surface area (Å²) < 4.78 is 6.18. The van der Waals surface area contributed by atoms with Gasteiger partial charge in [-0.1, -0.05) is 6.92 Å². The van der Waals surface area contributed by atoms with Crippen LogP contribution < -0.4 is 5.32 Å². The van der Waals surface area contributed by atoms with Crippen LogP contribution in [0.4, 0.5) is 4.79 Å². The van der Waals surface area contributed by atoms with Crippen LogP contribution in [0.1, 0.15) is 13.8 Å². The number of nitrogens with one attached hydrogen (secondary N) is 2. The molecule has 0 heterocycles. The molecule has 0 aliphatic rings. The number of amidine groups is 1. The smallest absolute Gasteiger partial charge is 0.335 e. The second-order valence-corrected chi connectivity index (χ2v) is 3.49. The van der Waals surface area contributed by atoms with Crippen molar-refractivity contribution in [1.29, 1.82) is 5.41 Å². The van der Waals surface area contributed by atoms with E-state index in [0.717, 1.165) is 5.75 Å². The van der Waals surface area contributed by atoms with Crippen molar-refractivity contribution >= 4 is 24.0 Å². The summed E-state index contributed by atoms with van der Waals surface area (Å²) in [6, 6.07) is -0.554. The Balaban J connectivity index is 3.78. The van der Waals surface area contributed by atoms with Gasteiger partial charge in [-0.25, -0.2) is 4.79 Å². The van der Waals surface area contributed by atoms with Crippen molar-refractivity contribution < 1.29 is 9.53 Å². The summed E-state index contributed by atoms with van der Waals surface area (Å²) in [5.74, 6) is 0.811. The lowest BCUT2D eigenvalue weighted by molar-refractivity contribution is 0.230. The fourth-order valence-corrected chi connectivity index (χ4v) is 1.16. The summed E-state index contributed by atoms with van der Waals surface area (Å²) in [7, 11) is 1.64. The van der Waals surface area contributed by atoms with Gasteiger partial charge in [-0.2, -0.15) is 0 Å². The first-order chi connectivity index (χ1) is 6.11. The highest BCUT2D eigenvalue weighted by Crippen LogP contribution is 2.04. The summed E-state index contributed by atoms with van der Waals surface area (Å²) in [4.78, 5) is 11.2. The predicted molar refractivity (Wildman–Crippen MR) is 53.8 cm³/mol. The number of nitrogens with zero attached hydrogens (tertiary/aromatic N) is 1. The van der Waals surface area contributed by atoms with Crippen molar-refractivity contribution in [2.75, 3.05) is 19.4 Å². The van der Waals surface area contributed by atoms with Gasteiger partial charge in [0, 0.05) is 12.8 Å². The molecule has 0 radical (unpaired) electrons. The van der Waals surface area contributed by atoms with Gasteiger partial charge in [-0.05, 0) is 18.9 Å². The summed E-state index contributed by atoms with van der Waals surface area (Å²) >= 11 is 1.37. The van der Waals surface area contributed by atoms with Crippen molar-refractivity contribution in [3.8, 4) is 0 Å². The quantitative estimate of drug-likeness (QED) is 0.414. The van der Waals surface area contributed by atoms with Crippen molar-refractivity contribution in [3.63, 3.8) is 0 Å². The van der Waals surface area contributed by atoms with Crippen molar-refractivity contribution in [2.24, 2.45) is 0 Å². The molecule has 6 heteroatoms. The molecule has 13 heavy (non-hydrogen) atoms. The van der Waals surface area contributed by atoms with Gasteiger partial charge in [0.2, 0.25) is 0 Å². The lowest BCUT2D eigenvalue weighted by Crippen LogP contribution is -2.38. The van der Waals surface area contributed by atoms with E-state index in [0.29, 0.717) is 6.61 Å². The topological polar surface area (TPSA) is 65.4 Å². The fourth-order valence-electron chi connectivity index (χ4n) is 0.609. The molecule has 0 rings (SSSR count). The van der Waals surface area contributed by atoms with Crippen LogP contribution in [0.15, 0.2) is 0 Å². The molecule has 0 aromatic carbocycles. The molecule has 5 nitrogen and oxygen atoms in total. The minimum atomic E-state index is -0.342. The lowest BCUT2D eigenvalue weighted by Gasteiger charge is -2.15. The zero-order valence-corrected chi connectivity index (χ0v) is 8.90. The zero-order valence-electron chi connectivity index (χ0n) is 8.09. The van der Waals surface area contributed by atoms with E-state index < -0.39 is 0 Å². The number of ether oxygens (including phenoxy) is 1. The molecule has 0 bridgehead atoms. The molecule has 2 N–H and O–H groups in total. The summed E-state index contributed by atoms with van der Waals surface area (Å²) in [5.41, 5.74) is 0. The maximum absolute atomic E-state index is 11.2. The van der Waals surface area contributed by atoms with Gasteiger partial charge >= 0.3 is 6.03 Å². The third kappa shape index (κ3) is 5.35. The van der Waals surface area contributed by atoms with E-state index in [1.165, 1.54) is 16.3 Å². The standard InChI is InChI=1S/C7H15N3O2S/c1-4-12-6(8)9-7(11)10(3)13-5-2/h4-5H2,1-3H3,(H2,8,9,11). The third-order valence-corrected chi connectivity index (χ3v) is 1.93. The van der Waals surface area contributed by atoms with Crippen LogP contribution in [-0.2, 0) is 4.74 Å². The molecule has 0 spiro atoms. The molecule has 0 saturated heterocycles. The molecular formula is C7H15N3O2S. The predicted octanol–water partition coefficient (Wildman–Crippen LogP) is 1.27. The first-order valence-corrected chi connectivity index (χ1v) is 4.95. The monoisotopic (exact) mass is 205 g/mol. The third-order valence-electron chi connectivity index (χ3n) is 1.12. The largest absolute Gasteiger partial charge is 0.465 e. The zero-order chi connectivity index (χ0) is 10.3. The Kier molecular flexibility index (Phi) is 6.13. The van der Waals surface area contributed by atoms with Crippen molar-refractivity contribution in [3.05, 3.63) is 0 Å². The van der Waals surface area contributed by atoms with Crippen LogP contribution in [0.25, 0.3) is 0 Å². The summed E-state index contributed by atoms with van der Waals surface area (Å²) in [6.07, 6.45) is 0. The van der Waals surface area contributed by atoms with E-state index in [4.69, 9.17) is 10.1 Å². The SMILES string of the molecule is CCOC(=N)NC(=O)N(C)SCC. The van der Waals surface area contributed by atoms with Gasteiger partial charge in [0.15, 0.2) is 0 Å². The van der Waals surface area contributed by atoms with Crippen LogP contribution >= 0.6 is 11.9 Å². The summed E-state index contributed by atoms with van der Waals surface area (Å²) in [5, 5.41) is 9.45. The van der Waals surface area contributed by atoms with E-state index in [1.807, 2.05) is 6.92 Å². The van der Waals surface area contributed by atoms with E-state index in [1.54, 1.807) is 14.0 Å². The Bertz CT molecular complexity index is 187. The van der Waals surface area contributed by atoms with E-state index >= 15 is 0 Å². The maximum Gasteiger partial charge on any atom is 0.335 e. The Hall–Kier alpha value is -0.910. The molecule has 0 saturated carbocycles. The second kappa shape index (κ2) is 6.59. The number of amides is 2. The van der Waals surface area contributed by atoms with E-state index in [9.17, 15) is 4.79 Å². The lowest BCUT2D eigenvalue weighted by atomic mass is 10.8. The van der Waals surface area contributed by atoms with Gasteiger partial charge in [0.05, 0.1) is 6.61 Å². The van der Waals surface area contributed by atoms with Crippen LogP contribution in [-0.4, -0.2) is 35.8 Å². The van der Waals surface area contributed by atoms with Crippen molar-refractivity contribution in [1.82, 2.24) is 9.62 Å². The molecule has 0 aliphatic heterocycles. The average Bonchev–Trinajstić information content (AvgIpc) is 2.05. The van der Waals surface area contributed by atoms with E-state index in [-0.39, 0.29) is 12.1 Å². The molecule has 0 fully saturated rings. The van der Waals surface area contributed by atoms with Gasteiger partial charge in [-0.15, -0.1) is 0 Å². The van der Waals surface area contributed by atoms with E-state index in [2.05, 4.69) is 5.32 Å². The van der Waals surface area contributed by atoms with Crippen molar-refractivity contribution in [2.45, 2.75) is 13.8 Å². The molecule has 0 atom stereocenters.